The van der Waals surface area contributed by atoms with Crippen molar-refractivity contribution in [3.05, 3.63) is 23.7 Å². The number of thiazole rings is 1. The van der Waals surface area contributed by atoms with Crippen molar-refractivity contribution in [3.8, 4) is 10.6 Å². The molecule has 0 saturated heterocycles. The van der Waals surface area contributed by atoms with Crippen LogP contribution in [-0.4, -0.2) is 63.6 Å². The molecule has 0 aliphatic heterocycles. The number of aliphatic hydroxyl groups excluding tert-OH is 1. The van der Waals surface area contributed by atoms with E-state index >= 15 is 0 Å². The average molecular weight is 523 g/mol. The monoisotopic (exact) mass is 522 g/mol. The normalized spacial score (nSPS) is 20.2. The molecule has 0 spiro atoms. The van der Waals surface area contributed by atoms with Gasteiger partial charge in [0.1, 0.15) is 22.9 Å². The summed E-state index contributed by atoms with van der Waals surface area (Å²) >= 11 is 1.58. The first kappa shape index (κ1) is 25.1. The van der Waals surface area contributed by atoms with Crippen LogP contribution in [0.3, 0.4) is 0 Å². The third kappa shape index (κ3) is 5.87. The number of aryl methyl sites for hydroxylation is 1. The number of ether oxygens (including phenoxy) is 1. The summed E-state index contributed by atoms with van der Waals surface area (Å²) in [5.41, 5.74) is 3.49. The van der Waals surface area contributed by atoms with Crippen LogP contribution in [0.5, 0.6) is 0 Å². The molecule has 194 valence electrons. The Balaban J connectivity index is 1.42. The molecule has 0 bridgehead atoms. The summed E-state index contributed by atoms with van der Waals surface area (Å²) < 4.78 is 42.7. The van der Waals surface area contributed by atoms with Crippen molar-refractivity contribution < 1.29 is 23.0 Å². The highest BCUT2D eigenvalue weighted by Gasteiger charge is 2.30. The van der Waals surface area contributed by atoms with E-state index in [9.17, 15) is 18.3 Å². The smallest absolute Gasteiger partial charge is 0.396 e. The highest BCUT2D eigenvalue weighted by Crippen LogP contribution is 2.44. The van der Waals surface area contributed by atoms with Crippen LogP contribution in [0.2, 0.25) is 0 Å². The molecule has 2 unspecified atom stereocenters. The molecule has 2 aliphatic carbocycles. The number of aliphatic hydroxyl groups is 1. The second-order valence-electron chi connectivity index (χ2n) is 9.49. The molecule has 0 radical (unpaired) electrons. The minimum Gasteiger partial charge on any atom is -0.396 e. The standard InChI is InChI=1S/C24H29F3N6O2S/c1-13-18(22-32-20-17(36-22)6-7-28-19(20)15-3-4-15)21(31-16-5-2-14(10-16)11-34)33-23(30-13)29-8-9-35-12-24(25,26)27/h6-7,14-16,34H,2-5,8-12H2,1H3,(H2,29,30,31,33). The molecule has 3 aromatic heterocycles. The van der Waals surface area contributed by atoms with Gasteiger partial charge in [-0.05, 0) is 51.0 Å². The van der Waals surface area contributed by atoms with Crippen molar-refractivity contribution >= 4 is 33.3 Å². The summed E-state index contributed by atoms with van der Waals surface area (Å²) in [6, 6.07) is 2.13. The van der Waals surface area contributed by atoms with E-state index in [4.69, 9.17) is 4.98 Å². The van der Waals surface area contributed by atoms with Gasteiger partial charge in [-0.1, -0.05) is 0 Å². The summed E-state index contributed by atoms with van der Waals surface area (Å²) in [4.78, 5) is 18.8. The van der Waals surface area contributed by atoms with Crippen molar-refractivity contribution in [1.82, 2.24) is 19.9 Å². The summed E-state index contributed by atoms with van der Waals surface area (Å²) in [7, 11) is 0. The van der Waals surface area contributed by atoms with Crippen LogP contribution in [-0.2, 0) is 4.74 Å². The Hall–Kier alpha value is -2.57. The first-order valence-electron chi connectivity index (χ1n) is 12.2. The van der Waals surface area contributed by atoms with Crippen LogP contribution in [0.4, 0.5) is 24.9 Å². The number of pyridine rings is 1. The predicted molar refractivity (Wildman–Crippen MR) is 132 cm³/mol. The Morgan fingerprint density at radius 2 is 2.00 bits per heavy atom. The Bertz CT molecular complexity index is 1220. The number of hydrogen-bond donors (Lipinski definition) is 3. The molecule has 3 heterocycles. The van der Waals surface area contributed by atoms with Gasteiger partial charge in [-0.15, -0.1) is 11.3 Å². The molecule has 12 heteroatoms. The number of aromatic nitrogens is 4. The highest BCUT2D eigenvalue weighted by atomic mass is 32.1. The first-order valence-corrected chi connectivity index (χ1v) is 13.0. The van der Waals surface area contributed by atoms with Gasteiger partial charge in [0.15, 0.2) is 0 Å². The summed E-state index contributed by atoms with van der Waals surface area (Å²) in [5, 5.41) is 16.9. The quantitative estimate of drug-likeness (QED) is 0.323. The predicted octanol–water partition coefficient (Wildman–Crippen LogP) is 4.90. The fourth-order valence-electron chi connectivity index (χ4n) is 4.64. The van der Waals surface area contributed by atoms with Crippen molar-refractivity contribution in [2.45, 2.75) is 57.2 Å². The van der Waals surface area contributed by atoms with Crippen LogP contribution in [0.1, 0.15) is 49.4 Å². The number of nitrogens with one attached hydrogen (secondary N) is 2. The largest absolute Gasteiger partial charge is 0.411 e. The molecule has 36 heavy (non-hydrogen) atoms. The van der Waals surface area contributed by atoms with Gasteiger partial charge in [0.25, 0.3) is 0 Å². The van der Waals surface area contributed by atoms with Crippen LogP contribution < -0.4 is 10.6 Å². The van der Waals surface area contributed by atoms with Crippen LogP contribution in [0.25, 0.3) is 20.8 Å². The fraction of sp³-hybridized carbons (Fsp3) is 0.583. The second kappa shape index (κ2) is 10.4. The van der Waals surface area contributed by atoms with E-state index in [2.05, 4.69) is 30.3 Å². The van der Waals surface area contributed by atoms with Gasteiger partial charge in [-0.3, -0.25) is 4.98 Å². The molecule has 5 rings (SSSR count). The maximum Gasteiger partial charge on any atom is 0.411 e. The lowest BCUT2D eigenvalue weighted by molar-refractivity contribution is -0.172. The van der Waals surface area contributed by atoms with Gasteiger partial charge in [-0.2, -0.15) is 18.2 Å². The van der Waals surface area contributed by atoms with Crippen LogP contribution in [0, 0.1) is 12.8 Å². The number of fused-ring (bicyclic) bond motifs is 1. The van der Waals surface area contributed by atoms with Gasteiger partial charge in [0, 0.05) is 31.3 Å². The molecule has 2 fully saturated rings. The molecule has 2 atom stereocenters. The zero-order valence-corrected chi connectivity index (χ0v) is 20.8. The zero-order chi connectivity index (χ0) is 25.3. The number of alkyl halides is 3. The lowest BCUT2D eigenvalue weighted by Gasteiger charge is -2.18. The van der Waals surface area contributed by atoms with Gasteiger partial charge >= 0.3 is 6.18 Å². The number of hydrogen-bond acceptors (Lipinski definition) is 9. The van der Waals surface area contributed by atoms with Crippen LogP contribution >= 0.6 is 11.3 Å². The molecule has 3 aromatic rings. The zero-order valence-electron chi connectivity index (χ0n) is 19.9. The Kier molecular flexibility index (Phi) is 7.27. The Morgan fingerprint density at radius 1 is 1.17 bits per heavy atom. The Labute approximate surface area is 210 Å². The highest BCUT2D eigenvalue weighted by molar-refractivity contribution is 7.21. The number of nitrogens with zero attached hydrogens (tertiary/aromatic N) is 4. The first-order chi connectivity index (χ1) is 17.3. The van der Waals surface area contributed by atoms with E-state index in [1.807, 2.05) is 19.2 Å². The summed E-state index contributed by atoms with van der Waals surface area (Å²) in [6.45, 7) is 0.769. The van der Waals surface area contributed by atoms with E-state index in [0.717, 1.165) is 58.6 Å². The fourth-order valence-corrected chi connectivity index (χ4v) is 5.71. The van der Waals surface area contributed by atoms with E-state index in [1.54, 1.807) is 11.3 Å². The SMILES string of the molecule is Cc1nc(NCCOCC(F)(F)F)nc(NC2CCC(CO)C2)c1-c1nc2c(C3CC3)nccc2s1. The van der Waals surface area contributed by atoms with Gasteiger partial charge in [0.2, 0.25) is 5.95 Å². The molecule has 2 aliphatic rings. The Morgan fingerprint density at radius 3 is 2.72 bits per heavy atom. The van der Waals surface area contributed by atoms with Crippen molar-refractivity contribution in [2.24, 2.45) is 5.92 Å². The third-order valence-electron chi connectivity index (χ3n) is 6.54. The van der Waals surface area contributed by atoms with Crippen molar-refractivity contribution in [1.29, 1.82) is 0 Å². The van der Waals surface area contributed by atoms with Gasteiger partial charge in [0.05, 0.1) is 28.3 Å². The number of anilines is 2. The summed E-state index contributed by atoms with van der Waals surface area (Å²) in [5.74, 6) is 1.67. The number of rotatable bonds is 10. The topological polar surface area (TPSA) is 105 Å². The minimum absolute atomic E-state index is 0.123. The minimum atomic E-state index is -4.36. The second-order valence-corrected chi connectivity index (χ2v) is 10.5. The van der Waals surface area contributed by atoms with Crippen LogP contribution in [0.15, 0.2) is 12.3 Å². The molecular weight excluding hydrogens is 493 g/mol. The van der Waals surface area contributed by atoms with E-state index in [-0.39, 0.29) is 31.7 Å². The van der Waals surface area contributed by atoms with E-state index < -0.39 is 12.8 Å². The van der Waals surface area contributed by atoms with Gasteiger partial charge in [-0.25, -0.2) is 9.97 Å². The molecule has 0 amide bonds. The maximum absolute atomic E-state index is 12.3. The van der Waals surface area contributed by atoms with Crippen molar-refractivity contribution in [2.75, 3.05) is 37.0 Å². The van der Waals surface area contributed by atoms with Gasteiger partial charge < -0.3 is 20.5 Å². The van der Waals surface area contributed by atoms with E-state index in [1.165, 1.54) is 0 Å². The third-order valence-corrected chi connectivity index (χ3v) is 7.58. The molecule has 2 saturated carbocycles. The lowest BCUT2D eigenvalue weighted by atomic mass is 10.1. The summed E-state index contributed by atoms with van der Waals surface area (Å²) in [6.07, 6.45) is 2.43. The lowest BCUT2D eigenvalue weighted by Crippen LogP contribution is -2.21. The average Bonchev–Trinajstić information content (AvgIpc) is 3.41. The van der Waals surface area contributed by atoms with Crippen molar-refractivity contribution in [3.63, 3.8) is 0 Å². The molecular formula is C24H29F3N6O2S. The maximum atomic E-state index is 12.3. The van der Waals surface area contributed by atoms with E-state index in [0.29, 0.717) is 23.4 Å². The number of halogens is 3. The molecule has 3 N–H and O–H groups in total. The molecule has 8 nitrogen and oxygen atoms in total. The molecule has 0 aromatic carbocycles.